The van der Waals surface area contributed by atoms with Crippen molar-refractivity contribution in [2.75, 3.05) is 18.9 Å². The molecule has 1 aliphatic carbocycles. The number of allylic oxidation sites excluding steroid dienone is 1. The molecule has 0 saturated carbocycles. The molecule has 25 heavy (non-hydrogen) atoms. The highest BCUT2D eigenvalue weighted by Crippen LogP contribution is 2.27. The molecule has 128 valence electrons. The van der Waals surface area contributed by atoms with E-state index in [2.05, 4.69) is 17.5 Å². The van der Waals surface area contributed by atoms with Gasteiger partial charge in [0.05, 0.1) is 0 Å². The molecule has 5 nitrogen and oxygen atoms in total. The van der Waals surface area contributed by atoms with Gasteiger partial charge in [-0.25, -0.2) is 4.79 Å². The van der Waals surface area contributed by atoms with E-state index in [0.717, 1.165) is 23.2 Å². The molecule has 1 N–H and O–H groups in total. The largest absolute Gasteiger partial charge is 0.414 e. The summed E-state index contributed by atoms with van der Waals surface area (Å²) in [5.41, 5.74) is 3.60. The number of nitrogens with one attached hydrogen (secondary N) is 1. The number of hydrogen-bond acceptors (Lipinski definition) is 3. The van der Waals surface area contributed by atoms with Gasteiger partial charge in [0.15, 0.2) is 0 Å². The predicted octanol–water partition coefficient (Wildman–Crippen LogP) is 3.96. The third kappa shape index (κ3) is 3.71. The fourth-order valence-electron chi connectivity index (χ4n) is 2.59. The molecule has 0 aliphatic heterocycles. The van der Waals surface area contributed by atoms with Gasteiger partial charge in [-0.2, -0.15) is 0 Å². The van der Waals surface area contributed by atoms with Crippen molar-refractivity contribution in [2.45, 2.75) is 13.3 Å². The van der Waals surface area contributed by atoms with Crippen molar-refractivity contribution in [1.82, 2.24) is 4.90 Å². The Morgan fingerprint density at radius 3 is 2.64 bits per heavy atom. The highest BCUT2D eigenvalue weighted by Gasteiger charge is 2.14. The van der Waals surface area contributed by atoms with Crippen LogP contribution in [0.3, 0.4) is 0 Å². The SMILES string of the molecule is CCN(C)C(=O)Oc1ccc(C(=O)Nc2cccc3c2CC=C3)cc1. The topological polar surface area (TPSA) is 58.6 Å². The lowest BCUT2D eigenvalue weighted by molar-refractivity contribution is 0.102. The first-order valence-electron chi connectivity index (χ1n) is 8.21. The smallest absolute Gasteiger partial charge is 0.410 e. The zero-order valence-electron chi connectivity index (χ0n) is 14.3. The van der Waals surface area contributed by atoms with Crippen molar-refractivity contribution < 1.29 is 14.3 Å². The number of benzene rings is 2. The second-order valence-electron chi connectivity index (χ2n) is 5.84. The van der Waals surface area contributed by atoms with E-state index in [0.29, 0.717) is 17.9 Å². The van der Waals surface area contributed by atoms with E-state index < -0.39 is 6.09 Å². The van der Waals surface area contributed by atoms with Crippen LogP contribution < -0.4 is 10.1 Å². The van der Waals surface area contributed by atoms with Crippen molar-refractivity contribution in [1.29, 1.82) is 0 Å². The Hall–Kier alpha value is -3.08. The third-order valence-electron chi connectivity index (χ3n) is 4.19. The maximum Gasteiger partial charge on any atom is 0.414 e. The molecule has 0 spiro atoms. The van der Waals surface area contributed by atoms with Gasteiger partial charge >= 0.3 is 6.09 Å². The summed E-state index contributed by atoms with van der Waals surface area (Å²) in [6.07, 6.45) is 4.54. The van der Waals surface area contributed by atoms with Gasteiger partial charge in [0.25, 0.3) is 5.91 Å². The first-order chi connectivity index (χ1) is 12.1. The minimum absolute atomic E-state index is 0.191. The number of rotatable bonds is 4. The number of nitrogens with zero attached hydrogens (tertiary/aromatic N) is 1. The van der Waals surface area contributed by atoms with Gasteiger partial charge in [0.1, 0.15) is 5.75 Å². The van der Waals surface area contributed by atoms with Crippen LogP contribution >= 0.6 is 0 Å². The molecule has 3 rings (SSSR count). The highest BCUT2D eigenvalue weighted by atomic mass is 16.6. The van der Waals surface area contributed by atoms with E-state index in [4.69, 9.17) is 4.74 Å². The Balaban J connectivity index is 1.68. The zero-order chi connectivity index (χ0) is 17.8. The number of ether oxygens (including phenoxy) is 1. The van der Waals surface area contributed by atoms with Crippen LogP contribution in [-0.2, 0) is 6.42 Å². The monoisotopic (exact) mass is 336 g/mol. The summed E-state index contributed by atoms with van der Waals surface area (Å²) in [5, 5.41) is 2.95. The van der Waals surface area contributed by atoms with E-state index in [-0.39, 0.29) is 5.91 Å². The summed E-state index contributed by atoms with van der Waals surface area (Å²) >= 11 is 0. The van der Waals surface area contributed by atoms with Crippen molar-refractivity contribution in [3.63, 3.8) is 0 Å². The maximum absolute atomic E-state index is 12.5. The number of amides is 2. The molecule has 0 atom stereocenters. The van der Waals surface area contributed by atoms with Crippen molar-refractivity contribution in [3.05, 3.63) is 65.2 Å². The van der Waals surface area contributed by atoms with Crippen LogP contribution in [0.1, 0.15) is 28.4 Å². The second kappa shape index (κ2) is 7.21. The Morgan fingerprint density at radius 1 is 1.16 bits per heavy atom. The highest BCUT2D eigenvalue weighted by molar-refractivity contribution is 6.05. The average Bonchev–Trinajstić information content (AvgIpc) is 3.11. The van der Waals surface area contributed by atoms with Crippen LogP contribution in [0.4, 0.5) is 10.5 Å². The first-order valence-corrected chi connectivity index (χ1v) is 8.21. The molecule has 5 heteroatoms. The second-order valence-corrected chi connectivity index (χ2v) is 5.84. The standard InChI is InChI=1S/C20H20N2O3/c1-3-22(2)20(24)25-16-12-10-15(11-13-16)19(23)21-18-9-5-7-14-6-4-8-17(14)18/h4-7,9-13H,3,8H2,1-2H3,(H,21,23). The van der Waals surface area contributed by atoms with Gasteiger partial charge in [0.2, 0.25) is 0 Å². The quantitative estimate of drug-likeness (QED) is 0.919. The summed E-state index contributed by atoms with van der Waals surface area (Å²) in [6, 6.07) is 12.4. The van der Waals surface area contributed by atoms with Crippen molar-refractivity contribution in [3.8, 4) is 5.75 Å². The molecule has 0 saturated heterocycles. The van der Waals surface area contributed by atoms with E-state index >= 15 is 0 Å². The molecule has 0 aromatic heterocycles. The molecular weight excluding hydrogens is 316 g/mol. The number of fused-ring (bicyclic) bond motifs is 1. The minimum Gasteiger partial charge on any atom is -0.410 e. The lowest BCUT2D eigenvalue weighted by Gasteiger charge is -2.14. The van der Waals surface area contributed by atoms with Crippen LogP contribution in [0.15, 0.2) is 48.5 Å². The normalized spacial score (nSPS) is 11.8. The Morgan fingerprint density at radius 2 is 1.92 bits per heavy atom. The van der Waals surface area contributed by atoms with Crippen LogP contribution in [0.5, 0.6) is 5.75 Å². The molecule has 1 aliphatic rings. The molecule has 2 amide bonds. The van der Waals surface area contributed by atoms with Gasteiger partial charge in [0, 0.05) is 24.8 Å². The van der Waals surface area contributed by atoms with Gasteiger partial charge in [-0.05, 0) is 54.8 Å². The first kappa shape index (κ1) is 16.8. The van der Waals surface area contributed by atoms with Gasteiger partial charge in [-0.3, -0.25) is 4.79 Å². The summed E-state index contributed by atoms with van der Waals surface area (Å²) in [4.78, 5) is 25.6. The lowest BCUT2D eigenvalue weighted by atomic mass is 10.1. The van der Waals surface area contributed by atoms with E-state index in [1.807, 2.05) is 25.1 Å². The van der Waals surface area contributed by atoms with Gasteiger partial charge < -0.3 is 15.0 Å². The van der Waals surface area contributed by atoms with Gasteiger partial charge in [-0.1, -0.05) is 24.3 Å². The molecule has 0 fully saturated rings. The van der Waals surface area contributed by atoms with E-state index in [1.54, 1.807) is 31.3 Å². The van der Waals surface area contributed by atoms with Crippen LogP contribution in [0.2, 0.25) is 0 Å². The lowest BCUT2D eigenvalue weighted by Crippen LogP contribution is -2.29. The van der Waals surface area contributed by atoms with Crippen LogP contribution in [0, 0.1) is 0 Å². The van der Waals surface area contributed by atoms with Gasteiger partial charge in [-0.15, -0.1) is 0 Å². The molecule has 0 unspecified atom stereocenters. The Kier molecular flexibility index (Phi) is 4.84. The Labute approximate surface area is 146 Å². The molecule has 2 aromatic rings. The van der Waals surface area contributed by atoms with E-state index in [1.165, 1.54) is 4.90 Å². The molecular formula is C20H20N2O3. The average molecular weight is 336 g/mol. The van der Waals surface area contributed by atoms with E-state index in [9.17, 15) is 9.59 Å². The van der Waals surface area contributed by atoms with Crippen LogP contribution in [0.25, 0.3) is 6.08 Å². The number of carbonyl (C=O) groups excluding carboxylic acids is 2. The van der Waals surface area contributed by atoms with Crippen LogP contribution in [-0.4, -0.2) is 30.5 Å². The maximum atomic E-state index is 12.5. The molecule has 2 aromatic carbocycles. The number of anilines is 1. The van der Waals surface area contributed by atoms with Crippen molar-refractivity contribution >= 4 is 23.8 Å². The molecule has 0 heterocycles. The Bertz CT molecular complexity index is 825. The third-order valence-corrected chi connectivity index (χ3v) is 4.19. The summed E-state index contributed by atoms with van der Waals surface area (Å²) < 4.78 is 5.23. The zero-order valence-corrected chi connectivity index (χ0v) is 14.3. The minimum atomic E-state index is -0.424. The predicted molar refractivity (Wildman–Crippen MR) is 97.9 cm³/mol. The fraction of sp³-hybridized carbons (Fsp3) is 0.200. The van der Waals surface area contributed by atoms with Crippen molar-refractivity contribution in [2.24, 2.45) is 0 Å². The summed E-state index contributed by atoms with van der Waals surface area (Å²) in [5.74, 6) is 0.218. The molecule has 0 bridgehead atoms. The summed E-state index contributed by atoms with van der Waals surface area (Å²) in [7, 11) is 1.66. The number of carbonyl (C=O) groups is 2. The fourth-order valence-corrected chi connectivity index (χ4v) is 2.59. The summed E-state index contributed by atoms with van der Waals surface area (Å²) in [6.45, 7) is 2.43. The number of hydrogen-bond donors (Lipinski definition) is 1. The molecule has 0 radical (unpaired) electrons.